The number of pyridine rings is 1. The van der Waals surface area contributed by atoms with E-state index >= 15 is 0 Å². The quantitative estimate of drug-likeness (QED) is 0.718. The minimum Gasteiger partial charge on any atom is -0.325 e. The van der Waals surface area contributed by atoms with Crippen LogP contribution in [0.15, 0.2) is 4.79 Å². The summed E-state index contributed by atoms with van der Waals surface area (Å²) in [6, 6.07) is 2.03. The summed E-state index contributed by atoms with van der Waals surface area (Å²) in [6.45, 7) is 1.91. The van der Waals surface area contributed by atoms with Gasteiger partial charge in [0.2, 0.25) is 0 Å². The second kappa shape index (κ2) is 4.11. The molecule has 2 rings (SSSR count). The van der Waals surface area contributed by atoms with Crippen LogP contribution in [0.5, 0.6) is 0 Å². The second-order valence-electron chi connectivity index (χ2n) is 3.64. The summed E-state index contributed by atoms with van der Waals surface area (Å²) in [4.78, 5) is 14.3. The Kier molecular flexibility index (Phi) is 2.83. The fraction of sp³-hybridized carbons (Fsp3) is 0.455. The standard InChI is InChI=1S/C11H12N2OS/c1-7-8-2-4-15-5-3-9(8)10(6-12)11(14)13-7/h2-5H2,1H3,(H,13,14). The third-order valence-electron chi connectivity index (χ3n) is 2.75. The van der Waals surface area contributed by atoms with Crippen LogP contribution in [0.1, 0.15) is 22.4 Å². The van der Waals surface area contributed by atoms with Crippen molar-refractivity contribution in [2.45, 2.75) is 19.8 Å². The molecule has 0 saturated heterocycles. The summed E-state index contributed by atoms with van der Waals surface area (Å²) in [5.74, 6) is 2.08. The molecule has 0 aliphatic carbocycles. The number of nitrogens with zero attached hydrogens (tertiary/aromatic N) is 1. The Balaban J connectivity index is 2.70. The van der Waals surface area contributed by atoms with Gasteiger partial charge in [0, 0.05) is 5.69 Å². The molecule has 78 valence electrons. The van der Waals surface area contributed by atoms with Gasteiger partial charge in [-0.15, -0.1) is 0 Å². The maximum absolute atomic E-state index is 11.6. The van der Waals surface area contributed by atoms with Crippen LogP contribution in [0.3, 0.4) is 0 Å². The molecular weight excluding hydrogens is 208 g/mol. The Bertz CT molecular complexity index is 485. The van der Waals surface area contributed by atoms with Crippen LogP contribution in [-0.4, -0.2) is 16.5 Å². The molecule has 0 saturated carbocycles. The Labute approximate surface area is 92.5 Å². The van der Waals surface area contributed by atoms with Crippen LogP contribution in [0.2, 0.25) is 0 Å². The van der Waals surface area contributed by atoms with E-state index in [1.54, 1.807) is 0 Å². The summed E-state index contributed by atoms with van der Waals surface area (Å²) in [5.41, 5.74) is 3.16. The lowest BCUT2D eigenvalue weighted by Crippen LogP contribution is -2.18. The Morgan fingerprint density at radius 2 is 2.00 bits per heavy atom. The van der Waals surface area contributed by atoms with Gasteiger partial charge >= 0.3 is 0 Å². The summed E-state index contributed by atoms with van der Waals surface area (Å²) >= 11 is 1.88. The van der Waals surface area contributed by atoms with Gasteiger partial charge in [-0.25, -0.2) is 0 Å². The molecule has 0 atom stereocenters. The van der Waals surface area contributed by atoms with Crippen molar-refractivity contribution >= 4 is 11.8 Å². The largest absolute Gasteiger partial charge is 0.325 e. The van der Waals surface area contributed by atoms with Gasteiger partial charge in [-0.05, 0) is 42.4 Å². The van der Waals surface area contributed by atoms with E-state index in [-0.39, 0.29) is 5.56 Å². The topological polar surface area (TPSA) is 56.6 Å². The van der Waals surface area contributed by atoms with Crippen LogP contribution < -0.4 is 5.56 Å². The lowest BCUT2D eigenvalue weighted by molar-refractivity contribution is 0.977. The first-order valence-corrected chi connectivity index (χ1v) is 6.12. The van der Waals surface area contributed by atoms with Crippen molar-refractivity contribution in [3.8, 4) is 6.07 Å². The summed E-state index contributed by atoms with van der Waals surface area (Å²) in [5, 5.41) is 8.98. The zero-order valence-corrected chi connectivity index (χ0v) is 9.41. The van der Waals surface area contributed by atoms with E-state index < -0.39 is 0 Å². The first kappa shape index (κ1) is 10.3. The lowest BCUT2D eigenvalue weighted by atomic mass is 9.98. The average molecular weight is 220 g/mol. The van der Waals surface area contributed by atoms with Crippen molar-refractivity contribution in [3.05, 3.63) is 32.7 Å². The highest BCUT2D eigenvalue weighted by Crippen LogP contribution is 2.22. The molecule has 0 aromatic carbocycles. The molecular formula is C11H12N2OS. The zero-order chi connectivity index (χ0) is 10.8. The molecule has 0 bridgehead atoms. The first-order valence-electron chi connectivity index (χ1n) is 4.96. The summed E-state index contributed by atoms with van der Waals surface area (Å²) in [6.07, 6.45) is 1.80. The summed E-state index contributed by atoms with van der Waals surface area (Å²) < 4.78 is 0. The van der Waals surface area contributed by atoms with Gasteiger partial charge in [0.25, 0.3) is 5.56 Å². The molecule has 0 fully saturated rings. The molecule has 1 N–H and O–H groups in total. The highest BCUT2D eigenvalue weighted by molar-refractivity contribution is 7.99. The van der Waals surface area contributed by atoms with Crippen LogP contribution in [0, 0.1) is 18.3 Å². The number of aryl methyl sites for hydroxylation is 1. The molecule has 2 heterocycles. The second-order valence-corrected chi connectivity index (χ2v) is 4.86. The number of fused-ring (bicyclic) bond motifs is 1. The van der Waals surface area contributed by atoms with Crippen LogP contribution in [-0.2, 0) is 12.8 Å². The number of nitriles is 1. The SMILES string of the molecule is Cc1[nH]c(=O)c(C#N)c2c1CCSCC2. The molecule has 1 aromatic rings. The zero-order valence-electron chi connectivity index (χ0n) is 8.59. The van der Waals surface area contributed by atoms with Crippen molar-refractivity contribution in [2.24, 2.45) is 0 Å². The molecule has 0 amide bonds. The van der Waals surface area contributed by atoms with E-state index in [4.69, 9.17) is 5.26 Å². The number of nitrogens with one attached hydrogen (secondary N) is 1. The third kappa shape index (κ3) is 1.80. The molecule has 15 heavy (non-hydrogen) atoms. The fourth-order valence-electron chi connectivity index (χ4n) is 2.01. The van der Waals surface area contributed by atoms with Crippen molar-refractivity contribution in [1.82, 2.24) is 4.98 Å². The first-order chi connectivity index (χ1) is 7.24. The van der Waals surface area contributed by atoms with E-state index in [9.17, 15) is 4.79 Å². The van der Waals surface area contributed by atoms with Gasteiger partial charge in [-0.2, -0.15) is 17.0 Å². The Morgan fingerprint density at radius 3 is 2.67 bits per heavy atom. The molecule has 1 aliphatic heterocycles. The van der Waals surface area contributed by atoms with E-state index in [1.807, 2.05) is 24.8 Å². The molecule has 4 heteroatoms. The number of aromatic nitrogens is 1. The van der Waals surface area contributed by atoms with E-state index in [1.165, 1.54) is 5.56 Å². The van der Waals surface area contributed by atoms with Gasteiger partial charge in [0.05, 0.1) is 0 Å². The molecule has 1 aromatic heterocycles. The van der Waals surface area contributed by atoms with Crippen molar-refractivity contribution < 1.29 is 0 Å². The van der Waals surface area contributed by atoms with Gasteiger partial charge in [-0.3, -0.25) is 4.79 Å². The fourth-order valence-corrected chi connectivity index (χ4v) is 2.91. The van der Waals surface area contributed by atoms with Crippen LogP contribution in [0.4, 0.5) is 0 Å². The highest BCUT2D eigenvalue weighted by Gasteiger charge is 2.17. The molecule has 0 radical (unpaired) electrons. The number of hydrogen-bond donors (Lipinski definition) is 1. The van der Waals surface area contributed by atoms with Gasteiger partial charge in [0.15, 0.2) is 0 Å². The Hall–Kier alpha value is -1.21. The number of rotatable bonds is 0. The number of hydrogen-bond acceptors (Lipinski definition) is 3. The summed E-state index contributed by atoms with van der Waals surface area (Å²) in [7, 11) is 0. The Morgan fingerprint density at radius 1 is 1.33 bits per heavy atom. The van der Waals surface area contributed by atoms with Crippen molar-refractivity contribution in [1.29, 1.82) is 5.26 Å². The van der Waals surface area contributed by atoms with E-state index in [0.29, 0.717) is 5.56 Å². The highest BCUT2D eigenvalue weighted by atomic mass is 32.2. The molecule has 0 spiro atoms. The lowest BCUT2D eigenvalue weighted by Gasteiger charge is -2.09. The molecule has 0 unspecified atom stereocenters. The van der Waals surface area contributed by atoms with Gasteiger partial charge in [0.1, 0.15) is 11.6 Å². The maximum atomic E-state index is 11.6. The number of aromatic amines is 1. The van der Waals surface area contributed by atoms with Crippen LogP contribution in [0.25, 0.3) is 0 Å². The van der Waals surface area contributed by atoms with E-state index in [0.717, 1.165) is 35.6 Å². The van der Waals surface area contributed by atoms with Gasteiger partial charge in [-0.1, -0.05) is 0 Å². The van der Waals surface area contributed by atoms with Crippen molar-refractivity contribution in [2.75, 3.05) is 11.5 Å². The normalized spacial score (nSPS) is 15.2. The average Bonchev–Trinajstić information content (AvgIpc) is 2.44. The maximum Gasteiger partial charge on any atom is 0.266 e. The monoisotopic (exact) mass is 220 g/mol. The molecule has 3 nitrogen and oxygen atoms in total. The van der Waals surface area contributed by atoms with Crippen LogP contribution >= 0.6 is 11.8 Å². The third-order valence-corrected chi connectivity index (χ3v) is 3.74. The minimum atomic E-state index is -0.236. The predicted octanol–water partition coefficient (Wildman–Crippen LogP) is 1.39. The van der Waals surface area contributed by atoms with Gasteiger partial charge < -0.3 is 4.98 Å². The minimum absolute atomic E-state index is 0.236. The predicted molar refractivity (Wildman–Crippen MR) is 61.2 cm³/mol. The smallest absolute Gasteiger partial charge is 0.266 e. The van der Waals surface area contributed by atoms with E-state index in [2.05, 4.69) is 4.98 Å². The number of H-pyrrole nitrogens is 1. The van der Waals surface area contributed by atoms with Crippen molar-refractivity contribution in [3.63, 3.8) is 0 Å². The number of thioether (sulfide) groups is 1. The molecule has 1 aliphatic rings.